The third kappa shape index (κ3) is 5.17. The first kappa shape index (κ1) is 22.8. The van der Waals surface area contributed by atoms with Crippen LogP contribution in [0.25, 0.3) is 11.1 Å². The van der Waals surface area contributed by atoms with Crippen LogP contribution in [0.15, 0.2) is 48.5 Å². The average Bonchev–Trinajstić information content (AvgIpc) is 3.37. The predicted molar refractivity (Wildman–Crippen MR) is 120 cm³/mol. The van der Waals surface area contributed by atoms with Crippen LogP contribution in [0, 0.1) is 5.92 Å². The first-order valence-corrected chi connectivity index (χ1v) is 11.2. The van der Waals surface area contributed by atoms with Crippen LogP contribution in [0.2, 0.25) is 0 Å². The summed E-state index contributed by atoms with van der Waals surface area (Å²) < 4.78 is 5.63. The summed E-state index contributed by atoms with van der Waals surface area (Å²) in [6.45, 7) is -0.337. The zero-order valence-corrected chi connectivity index (χ0v) is 18.5. The number of carbonyl (C=O) groups is 3. The van der Waals surface area contributed by atoms with Gasteiger partial charge in [0.05, 0.1) is 0 Å². The fourth-order valence-electron chi connectivity index (χ4n) is 4.84. The van der Waals surface area contributed by atoms with E-state index in [0.29, 0.717) is 0 Å². The van der Waals surface area contributed by atoms with E-state index in [0.717, 1.165) is 35.5 Å². The van der Waals surface area contributed by atoms with Gasteiger partial charge in [-0.1, -0.05) is 55.0 Å². The van der Waals surface area contributed by atoms with E-state index in [2.05, 4.69) is 29.6 Å². The molecule has 1 saturated carbocycles. The number of hydrogen-bond acceptors (Lipinski definition) is 5. The summed E-state index contributed by atoms with van der Waals surface area (Å²) in [5.74, 6) is -1.52. The Morgan fingerprint density at radius 2 is 1.67 bits per heavy atom. The SMILES string of the molecule is CN(OCC(=O)O)C(=O)CC1CCCC1NC(=O)OCC1c2ccccc2-c2ccccc21. The Bertz CT molecular complexity index is 994. The van der Waals surface area contributed by atoms with Crippen molar-refractivity contribution in [3.63, 3.8) is 0 Å². The second-order valence-corrected chi connectivity index (χ2v) is 8.53. The van der Waals surface area contributed by atoms with Crippen molar-refractivity contribution in [1.82, 2.24) is 10.4 Å². The van der Waals surface area contributed by atoms with Crippen LogP contribution in [-0.4, -0.2) is 54.4 Å². The third-order valence-electron chi connectivity index (χ3n) is 6.48. The van der Waals surface area contributed by atoms with Gasteiger partial charge in [0.25, 0.3) is 0 Å². The first-order chi connectivity index (χ1) is 15.9. The number of amides is 2. The quantitative estimate of drug-likeness (QED) is 0.594. The van der Waals surface area contributed by atoms with Gasteiger partial charge in [-0.3, -0.25) is 9.63 Å². The van der Waals surface area contributed by atoms with Crippen LogP contribution in [0.1, 0.15) is 42.7 Å². The number of carboxylic acid groups (broad SMARTS) is 1. The van der Waals surface area contributed by atoms with E-state index in [4.69, 9.17) is 14.7 Å². The van der Waals surface area contributed by atoms with E-state index < -0.39 is 18.7 Å². The molecule has 2 aromatic rings. The zero-order chi connectivity index (χ0) is 23.4. The molecule has 0 heterocycles. The van der Waals surface area contributed by atoms with Gasteiger partial charge >= 0.3 is 12.1 Å². The molecule has 4 rings (SSSR count). The second kappa shape index (κ2) is 10.0. The van der Waals surface area contributed by atoms with Crippen LogP contribution >= 0.6 is 0 Å². The minimum Gasteiger partial charge on any atom is -0.479 e. The topological polar surface area (TPSA) is 105 Å². The standard InChI is InChI=1S/C25H28N2O6/c1-27(33-15-24(29)30)23(28)13-16-7-6-12-22(16)26-25(31)32-14-21-19-10-4-2-8-17(19)18-9-3-5-11-20(18)21/h2-5,8-11,16,21-22H,6-7,12-15H2,1H3,(H,26,31)(H,29,30). The minimum absolute atomic E-state index is 0.0101. The molecule has 2 N–H and O–H groups in total. The van der Waals surface area contributed by atoms with E-state index >= 15 is 0 Å². The molecule has 2 aliphatic carbocycles. The Morgan fingerprint density at radius 3 is 2.30 bits per heavy atom. The number of carbonyl (C=O) groups excluding carboxylic acids is 2. The van der Waals surface area contributed by atoms with Gasteiger partial charge in [0.1, 0.15) is 6.61 Å². The summed E-state index contributed by atoms with van der Waals surface area (Å²) in [5, 5.41) is 12.6. The van der Waals surface area contributed by atoms with E-state index in [9.17, 15) is 14.4 Å². The molecule has 174 valence electrons. The number of ether oxygens (including phenoxy) is 1. The lowest BCUT2D eigenvalue weighted by Gasteiger charge is -2.23. The molecule has 2 aromatic carbocycles. The number of hydroxylamine groups is 2. The monoisotopic (exact) mass is 452 g/mol. The molecule has 0 aliphatic heterocycles. The van der Waals surface area contributed by atoms with Crippen molar-refractivity contribution < 1.29 is 29.1 Å². The minimum atomic E-state index is -1.15. The normalized spacial score (nSPS) is 18.9. The number of nitrogens with zero attached hydrogens (tertiary/aromatic N) is 1. The summed E-state index contributed by atoms with van der Waals surface area (Å²) in [6.07, 6.45) is 2.14. The van der Waals surface area contributed by atoms with Gasteiger partial charge in [0, 0.05) is 25.4 Å². The van der Waals surface area contributed by atoms with Crippen molar-refractivity contribution in [3.05, 3.63) is 59.7 Å². The number of nitrogens with one attached hydrogen (secondary N) is 1. The lowest BCUT2D eigenvalue weighted by atomic mass is 9.98. The highest BCUT2D eigenvalue weighted by Crippen LogP contribution is 2.44. The third-order valence-corrected chi connectivity index (χ3v) is 6.48. The van der Waals surface area contributed by atoms with Crippen LogP contribution < -0.4 is 5.32 Å². The van der Waals surface area contributed by atoms with Gasteiger partial charge in [-0.2, -0.15) is 0 Å². The van der Waals surface area contributed by atoms with E-state index in [1.54, 1.807) is 0 Å². The van der Waals surface area contributed by atoms with Crippen molar-refractivity contribution in [2.24, 2.45) is 5.92 Å². The lowest BCUT2D eigenvalue weighted by molar-refractivity contribution is -0.186. The van der Waals surface area contributed by atoms with Crippen molar-refractivity contribution in [2.45, 2.75) is 37.6 Å². The Labute approximate surface area is 192 Å². The first-order valence-electron chi connectivity index (χ1n) is 11.2. The molecule has 2 atom stereocenters. The summed E-state index contributed by atoms with van der Waals surface area (Å²) in [6, 6.07) is 16.2. The maximum atomic E-state index is 12.6. The molecule has 0 radical (unpaired) electrons. The molecule has 33 heavy (non-hydrogen) atoms. The molecule has 0 aromatic heterocycles. The van der Waals surface area contributed by atoms with Gasteiger partial charge in [0.2, 0.25) is 5.91 Å². The molecule has 0 saturated heterocycles. The Hall–Kier alpha value is -3.39. The molecular formula is C25H28N2O6. The van der Waals surface area contributed by atoms with Crippen molar-refractivity contribution >= 4 is 18.0 Å². The summed E-state index contributed by atoms with van der Waals surface area (Å²) in [5.41, 5.74) is 4.65. The molecule has 1 fully saturated rings. The number of fused-ring (bicyclic) bond motifs is 3. The molecule has 0 spiro atoms. The number of benzene rings is 2. The van der Waals surface area contributed by atoms with Gasteiger partial charge in [-0.15, -0.1) is 0 Å². The second-order valence-electron chi connectivity index (χ2n) is 8.53. The molecule has 0 bridgehead atoms. The summed E-state index contributed by atoms with van der Waals surface area (Å²) in [4.78, 5) is 40.5. The number of hydrogen-bond donors (Lipinski definition) is 2. The van der Waals surface area contributed by atoms with Gasteiger partial charge in [-0.25, -0.2) is 14.7 Å². The highest BCUT2D eigenvalue weighted by Gasteiger charge is 2.33. The van der Waals surface area contributed by atoms with Gasteiger partial charge in [0.15, 0.2) is 6.61 Å². The molecule has 2 aliphatic rings. The highest BCUT2D eigenvalue weighted by atomic mass is 16.7. The van der Waals surface area contributed by atoms with Crippen molar-refractivity contribution in [3.8, 4) is 11.1 Å². The van der Waals surface area contributed by atoms with E-state index in [1.165, 1.54) is 18.2 Å². The van der Waals surface area contributed by atoms with Crippen LogP contribution in [0.4, 0.5) is 4.79 Å². The lowest BCUT2D eigenvalue weighted by Crippen LogP contribution is -2.40. The Kier molecular flexibility index (Phi) is 6.93. The molecule has 2 unspecified atom stereocenters. The smallest absolute Gasteiger partial charge is 0.407 e. The predicted octanol–water partition coefficient (Wildman–Crippen LogP) is 3.56. The molecular weight excluding hydrogens is 424 g/mol. The Morgan fingerprint density at radius 1 is 1.03 bits per heavy atom. The highest BCUT2D eigenvalue weighted by molar-refractivity contribution is 5.79. The maximum absolute atomic E-state index is 12.6. The zero-order valence-electron chi connectivity index (χ0n) is 18.5. The Balaban J connectivity index is 1.32. The van der Waals surface area contributed by atoms with Crippen LogP contribution in [-0.2, 0) is 19.2 Å². The summed E-state index contributed by atoms with van der Waals surface area (Å²) >= 11 is 0. The fraction of sp³-hybridized carbons (Fsp3) is 0.400. The summed E-state index contributed by atoms with van der Waals surface area (Å²) in [7, 11) is 1.40. The maximum Gasteiger partial charge on any atom is 0.407 e. The van der Waals surface area contributed by atoms with Gasteiger partial charge < -0.3 is 15.2 Å². The van der Waals surface area contributed by atoms with Gasteiger partial charge in [-0.05, 0) is 41.0 Å². The van der Waals surface area contributed by atoms with E-state index in [1.807, 2.05) is 24.3 Å². The number of rotatable bonds is 8. The largest absolute Gasteiger partial charge is 0.479 e. The molecule has 8 heteroatoms. The van der Waals surface area contributed by atoms with E-state index in [-0.39, 0.29) is 36.8 Å². The fourth-order valence-corrected chi connectivity index (χ4v) is 4.84. The number of alkyl carbamates (subject to hydrolysis) is 1. The average molecular weight is 453 g/mol. The number of aliphatic carboxylic acids is 1. The van der Waals surface area contributed by atoms with Crippen molar-refractivity contribution in [1.29, 1.82) is 0 Å². The van der Waals surface area contributed by atoms with Crippen LogP contribution in [0.5, 0.6) is 0 Å². The molecule has 8 nitrogen and oxygen atoms in total. The van der Waals surface area contributed by atoms with Crippen LogP contribution in [0.3, 0.4) is 0 Å². The number of carboxylic acids is 1. The van der Waals surface area contributed by atoms with Crippen molar-refractivity contribution in [2.75, 3.05) is 20.3 Å². The molecule has 2 amide bonds.